The highest BCUT2D eigenvalue weighted by Crippen LogP contribution is 2.44. The molecule has 1 aliphatic carbocycles. The van der Waals surface area contributed by atoms with E-state index in [1.54, 1.807) is 12.1 Å². The van der Waals surface area contributed by atoms with Crippen LogP contribution in [0.4, 0.5) is 4.39 Å². The highest BCUT2D eigenvalue weighted by Gasteiger charge is 2.45. The van der Waals surface area contributed by atoms with Crippen molar-refractivity contribution in [2.24, 2.45) is 5.41 Å². The molecule has 1 heterocycles. The first-order valence-electron chi connectivity index (χ1n) is 6.23. The van der Waals surface area contributed by atoms with Gasteiger partial charge >= 0.3 is 0 Å². The van der Waals surface area contributed by atoms with E-state index in [1.165, 1.54) is 12.5 Å². The Balaban J connectivity index is 1.56. The minimum absolute atomic E-state index is 0.156. The van der Waals surface area contributed by atoms with Gasteiger partial charge in [0.05, 0.1) is 0 Å². The molecular weight excluding hydrogens is 217 g/mol. The number of hydrogen-bond donors (Lipinski definition) is 1. The summed E-state index contributed by atoms with van der Waals surface area (Å²) in [5, 5.41) is 3.52. The third kappa shape index (κ3) is 2.16. The second kappa shape index (κ2) is 3.70. The number of fused-ring (bicyclic) bond motifs is 1. The predicted octanol–water partition coefficient (Wildman–Crippen LogP) is 2.52. The molecule has 92 valence electrons. The second-order valence-electron chi connectivity index (χ2n) is 5.85. The van der Waals surface area contributed by atoms with Gasteiger partial charge in [-0.2, -0.15) is 0 Å². The lowest BCUT2D eigenvalue weighted by atomic mass is 10.1. The summed E-state index contributed by atoms with van der Waals surface area (Å²) in [5.74, 6) is 0.664. The van der Waals surface area contributed by atoms with Crippen LogP contribution < -0.4 is 10.1 Å². The van der Waals surface area contributed by atoms with Crippen molar-refractivity contribution in [1.82, 2.24) is 5.32 Å². The maximum atomic E-state index is 13.0. The number of benzene rings is 1. The number of hydrogen-bond acceptors (Lipinski definition) is 2. The zero-order valence-corrected chi connectivity index (χ0v) is 10.3. The molecule has 0 amide bonds. The Morgan fingerprint density at radius 2 is 2.24 bits per heavy atom. The van der Waals surface area contributed by atoms with E-state index in [0.717, 1.165) is 24.3 Å². The maximum absolute atomic E-state index is 13.0. The van der Waals surface area contributed by atoms with Gasteiger partial charge in [-0.15, -0.1) is 0 Å². The third-order valence-corrected chi connectivity index (χ3v) is 3.87. The summed E-state index contributed by atoms with van der Waals surface area (Å²) < 4.78 is 18.8. The van der Waals surface area contributed by atoms with Crippen LogP contribution in [-0.2, 0) is 6.42 Å². The fourth-order valence-electron chi connectivity index (χ4n) is 2.49. The smallest absolute Gasteiger partial charge is 0.123 e. The molecule has 1 fully saturated rings. The molecule has 3 heteroatoms. The molecule has 2 nitrogen and oxygen atoms in total. The van der Waals surface area contributed by atoms with Crippen molar-refractivity contribution in [3.63, 3.8) is 0 Å². The monoisotopic (exact) mass is 235 g/mol. The van der Waals surface area contributed by atoms with Crippen LogP contribution in [-0.4, -0.2) is 18.7 Å². The first kappa shape index (κ1) is 11.0. The minimum Gasteiger partial charge on any atom is -0.488 e. The number of nitrogens with one attached hydrogen (secondary N) is 1. The van der Waals surface area contributed by atoms with Gasteiger partial charge in [0.2, 0.25) is 0 Å². The molecule has 3 rings (SSSR count). The van der Waals surface area contributed by atoms with Crippen molar-refractivity contribution in [3.05, 3.63) is 29.6 Å². The molecule has 0 spiro atoms. The van der Waals surface area contributed by atoms with E-state index in [9.17, 15) is 4.39 Å². The Morgan fingerprint density at radius 1 is 1.47 bits per heavy atom. The van der Waals surface area contributed by atoms with Crippen LogP contribution in [0, 0.1) is 11.2 Å². The van der Waals surface area contributed by atoms with Crippen LogP contribution in [0.1, 0.15) is 25.8 Å². The van der Waals surface area contributed by atoms with Gasteiger partial charge in [0.25, 0.3) is 0 Å². The Kier molecular flexibility index (Phi) is 2.40. The van der Waals surface area contributed by atoms with Gasteiger partial charge in [0.1, 0.15) is 17.7 Å². The molecule has 1 aliphatic heterocycles. The van der Waals surface area contributed by atoms with Crippen LogP contribution in [0.15, 0.2) is 18.2 Å². The Morgan fingerprint density at radius 3 is 2.94 bits per heavy atom. The number of halogens is 1. The molecule has 17 heavy (non-hydrogen) atoms. The van der Waals surface area contributed by atoms with Crippen LogP contribution in [0.3, 0.4) is 0 Å². The van der Waals surface area contributed by atoms with E-state index >= 15 is 0 Å². The summed E-state index contributed by atoms with van der Waals surface area (Å²) in [6, 6.07) is 5.38. The Hall–Kier alpha value is -1.09. The van der Waals surface area contributed by atoms with Gasteiger partial charge in [0.15, 0.2) is 0 Å². The molecule has 2 atom stereocenters. The lowest BCUT2D eigenvalue weighted by Gasteiger charge is -2.12. The molecule has 0 saturated heterocycles. The molecule has 0 aromatic heterocycles. The average molecular weight is 235 g/mol. The molecule has 1 aromatic carbocycles. The van der Waals surface area contributed by atoms with Gasteiger partial charge in [-0.25, -0.2) is 4.39 Å². The number of ether oxygens (including phenoxy) is 1. The Labute approximate surface area is 101 Å². The van der Waals surface area contributed by atoms with Gasteiger partial charge in [-0.3, -0.25) is 0 Å². The summed E-state index contributed by atoms with van der Waals surface area (Å²) in [5.41, 5.74) is 1.43. The van der Waals surface area contributed by atoms with E-state index in [4.69, 9.17) is 4.74 Å². The van der Waals surface area contributed by atoms with Crippen molar-refractivity contribution in [2.75, 3.05) is 6.54 Å². The molecule has 1 saturated carbocycles. The summed E-state index contributed by atoms with van der Waals surface area (Å²) in [4.78, 5) is 0. The molecule has 1 aromatic rings. The zero-order valence-electron chi connectivity index (χ0n) is 10.3. The molecule has 1 N–H and O–H groups in total. The fourth-order valence-corrected chi connectivity index (χ4v) is 2.49. The summed E-state index contributed by atoms with van der Waals surface area (Å²) in [6.45, 7) is 5.39. The molecular formula is C14H18FNO. The van der Waals surface area contributed by atoms with E-state index in [2.05, 4.69) is 19.2 Å². The quantitative estimate of drug-likeness (QED) is 0.869. The zero-order chi connectivity index (χ0) is 12.0. The first-order chi connectivity index (χ1) is 8.04. The van der Waals surface area contributed by atoms with Gasteiger partial charge < -0.3 is 10.1 Å². The van der Waals surface area contributed by atoms with Crippen LogP contribution in [0.5, 0.6) is 5.75 Å². The number of rotatable bonds is 3. The van der Waals surface area contributed by atoms with Crippen molar-refractivity contribution in [1.29, 1.82) is 0 Å². The molecule has 0 bridgehead atoms. The summed E-state index contributed by atoms with van der Waals surface area (Å²) in [7, 11) is 0. The normalized spacial score (nSPS) is 28.6. The van der Waals surface area contributed by atoms with Crippen molar-refractivity contribution in [2.45, 2.75) is 38.8 Å². The summed E-state index contributed by atoms with van der Waals surface area (Å²) >= 11 is 0. The van der Waals surface area contributed by atoms with Crippen molar-refractivity contribution in [3.8, 4) is 5.75 Å². The molecule has 2 aliphatic rings. The van der Waals surface area contributed by atoms with Gasteiger partial charge in [0, 0.05) is 24.6 Å². The van der Waals surface area contributed by atoms with Gasteiger partial charge in [-0.1, -0.05) is 13.8 Å². The van der Waals surface area contributed by atoms with Crippen molar-refractivity contribution >= 4 is 0 Å². The van der Waals surface area contributed by atoms with Gasteiger partial charge in [-0.05, 0) is 30.0 Å². The second-order valence-corrected chi connectivity index (χ2v) is 5.85. The van der Waals surface area contributed by atoms with Crippen molar-refractivity contribution < 1.29 is 9.13 Å². The van der Waals surface area contributed by atoms with E-state index in [-0.39, 0.29) is 11.9 Å². The standard InChI is InChI=1S/C14H18FNO/c1-14(2)7-13(14)16-8-11-6-9-5-10(15)3-4-12(9)17-11/h3-5,11,13,16H,6-8H2,1-2H3. The third-order valence-electron chi connectivity index (χ3n) is 3.87. The van der Waals surface area contributed by atoms with Crippen LogP contribution >= 0.6 is 0 Å². The van der Waals surface area contributed by atoms with Crippen LogP contribution in [0.25, 0.3) is 0 Å². The Bertz CT molecular complexity index is 444. The van der Waals surface area contributed by atoms with E-state index < -0.39 is 0 Å². The first-order valence-corrected chi connectivity index (χ1v) is 6.23. The van der Waals surface area contributed by atoms with Crippen LogP contribution in [0.2, 0.25) is 0 Å². The largest absolute Gasteiger partial charge is 0.488 e. The molecule has 0 radical (unpaired) electrons. The predicted molar refractivity (Wildman–Crippen MR) is 64.7 cm³/mol. The highest BCUT2D eigenvalue weighted by atomic mass is 19.1. The average Bonchev–Trinajstić information content (AvgIpc) is 2.71. The lowest BCUT2D eigenvalue weighted by Crippen LogP contribution is -2.33. The van der Waals surface area contributed by atoms with E-state index in [0.29, 0.717) is 11.5 Å². The SMILES string of the molecule is CC1(C)CC1NCC1Cc2cc(F)ccc2O1. The fraction of sp³-hybridized carbons (Fsp3) is 0.571. The topological polar surface area (TPSA) is 21.3 Å². The molecule has 2 unspecified atom stereocenters. The minimum atomic E-state index is -0.177. The van der Waals surface area contributed by atoms with E-state index in [1.807, 2.05) is 0 Å². The maximum Gasteiger partial charge on any atom is 0.123 e. The lowest BCUT2D eigenvalue weighted by molar-refractivity contribution is 0.225. The highest BCUT2D eigenvalue weighted by molar-refractivity contribution is 5.37. The summed E-state index contributed by atoms with van der Waals surface area (Å²) in [6.07, 6.45) is 2.21.